The van der Waals surface area contributed by atoms with E-state index in [0.29, 0.717) is 12.5 Å². The topological polar surface area (TPSA) is 46.6 Å². The fourth-order valence-corrected chi connectivity index (χ4v) is 0.902. The Kier molecular flexibility index (Phi) is 5.92. The normalized spacial score (nSPS) is 10.1. The molecule has 4 nitrogen and oxygen atoms in total. The van der Waals surface area contributed by atoms with Gasteiger partial charge in [0.1, 0.15) is 0 Å². The summed E-state index contributed by atoms with van der Waals surface area (Å²) >= 11 is 0. The molecule has 0 heterocycles. The van der Waals surface area contributed by atoms with E-state index in [1.807, 2.05) is 0 Å². The lowest BCUT2D eigenvalue weighted by Crippen LogP contribution is -2.35. The van der Waals surface area contributed by atoms with E-state index < -0.39 is 11.9 Å². The van der Waals surface area contributed by atoms with E-state index in [1.165, 1.54) is 4.90 Å². The minimum atomic E-state index is -0.765. The van der Waals surface area contributed by atoms with E-state index in [9.17, 15) is 9.59 Å². The average molecular weight is 201 g/mol. The monoisotopic (exact) mass is 201 g/mol. The molecule has 0 rings (SSSR count). The van der Waals surface area contributed by atoms with Crippen LogP contribution in [0, 0.1) is 5.92 Å². The molecule has 0 fully saturated rings. The average Bonchev–Trinajstić information content (AvgIpc) is 2.13. The first kappa shape index (κ1) is 12.9. The van der Waals surface area contributed by atoms with E-state index in [1.54, 1.807) is 14.0 Å². The molecule has 4 heteroatoms. The summed E-state index contributed by atoms with van der Waals surface area (Å²) in [6, 6.07) is 0. The Labute approximate surface area is 85.2 Å². The SMILES string of the molecule is CCOC(=O)C(=O)N(C)CCC(C)C. The smallest absolute Gasteiger partial charge is 0.396 e. The number of rotatable bonds is 4. The maximum atomic E-state index is 11.3. The van der Waals surface area contributed by atoms with Gasteiger partial charge in [0.05, 0.1) is 6.61 Å². The molecule has 0 saturated carbocycles. The molecule has 0 aromatic carbocycles. The molecule has 0 saturated heterocycles. The Balaban J connectivity index is 3.92. The summed E-state index contributed by atoms with van der Waals surface area (Å²) < 4.78 is 4.60. The fourth-order valence-electron chi connectivity index (χ4n) is 0.902. The van der Waals surface area contributed by atoms with Crippen LogP contribution in [0.2, 0.25) is 0 Å². The number of ether oxygens (including phenoxy) is 1. The van der Waals surface area contributed by atoms with Crippen LogP contribution in [0.3, 0.4) is 0 Å². The van der Waals surface area contributed by atoms with Crippen molar-refractivity contribution in [3.05, 3.63) is 0 Å². The van der Waals surface area contributed by atoms with Crippen molar-refractivity contribution >= 4 is 11.9 Å². The minimum Gasteiger partial charge on any atom is -0.459 e. The third kappa shape index (κ3) is 4.84. The molecular formula is C10H19NO3. The van der Waals surface area contributed by atoms with Gasteiger partial charge in [-0.15, -0.1) is 0 Å². The van der Waals surface area contributed by atoms with Crippen molar-refractivity contribution in [3.63, 3.8) is 0 Å². The van der Waals surface area contributed by atoms with Gasteiger partial charge < -0.3 is 9.64 Å². The summed E-state index contributed by atoms with van der Waals surface area (Å²) in [5, 5.41) is 0. The third-order valence-corrected chi connectivity index (χ3v) is 1.84. The molecule has 0 spiro atoms. The Morgan fingerprint density at radius 1 is 1.36 bits per heavy atom. The number of likely N-dealkylation sites (N-methyl/N-ethyl adjacent to an activating group) is 1. The van der Waals surface area contributed by atoms with Crippen LogP contribution in [-0.4, -0.2) is 37.0 Å². The van der Waals surface area contributed by atoms with Gasteiger partial charge in [-0.2, -0.15) is 0 Å². The van der Waals surface area contributed by atoms with Crippen LogP contribution < -0.4 is 0 Å². The highest BCUT2D eigenvalue weighted by Gasteiger charge is 2.19. The zero-order valence-corrected chi connectivity index (χ0v) is 9.37. The standard InChI is InChI=1S/C10H19NO3/c1-5-14-10(13)9(12)11(4)7-6-8(2)3/h8H,5-7H2,1-4H3. The highest BCUT2D eigenvalue weighted by atomic mass is 16.5. The van der Waals surface area contributed by atoms with Gasteiger partial charge in [0.15, 0.2) is 0 Å². The van der Waals surface area contributed by atoms with Crippen LogP contribution in [0.5, 0.6) is 0 Å². The van der Waals surface area contributed by atoms with E-state index in [-0.39, 0.29) is 6.61 Å². The van der Waals surface area contributed by atoms with Crippen LogP contribution in [0.1, 0.15) is 27.2 Å². The zero-order chi connectivity index (χ0) is 11.1. The molecule has 0 atom stereocenters. The van der Waals surface area contributed by atoms with Crippen molar-refractivity contribution in [2.75, 3.05) is 20.2 Å². The van der Waals surface area contributed by atoms with Crippen LogP contribution in [0.4, 0.5) is 0 Å². The largest absolute Gasteiger partial charge is 0.459 e. The van der Waals surface area contributed by atoms with Crippen LogP contribution in [0.15, 0.2) is 0 Å². The second-order valence-corrected chi connectivity index (χ2v) is 3.63. The third-order valence-electron chi connectivity index (χ3n) is 1.84. The van der Waals surface area contributed by atoms with Crippen molar-refractivity contribution in [1.29, 1.82) is 0 Å². The fraction of sp³-hybridized carbons (Fsp3) is 0.800. The van der Waals surface area contributed by atoms with Crippen LogP contribution in [-0.2, 0) is 14.3 Å². The molecular weight excluding hydrogens is 182 g/mol. The lowest BCUT2D eigenvalue weighted by molar-refractivity contribution is -0.159. The van der Waals surface area contributed by atoms with Gasteiger partial charge in [-0.3, -0.25) is 4.79 Å². The number of hydrogen-bond donors (Lipinski definition) is 0. The van der Waals surface area contributed by atoms with E-state index in [2.05, 4.69) is 18.6 Å². The quantitative estimate of drug-likeness (QED) is 0.504. The van der Waals surface area contributed by atoms with Gasteiger partial charge in [0.2, 0.25) is 0 Å². The van der Waals surface area contributed by atoms with Gasteiger partial charge in [-0.1, -0.05) is 13.8 Å². The first-order valence-electron chi connectivity index (χ1n) is 4.91. The Morgan fingerprint density at radius 2 is 1.93 bits per heavy atom. The second-order valence-electron chi connectivity index (χ2n) is 3.63. The number of nitrogens with zero attached hydrogens (tertiary/aromatic N) is 1. The first-order chi connectivity index (χ1) is 6.49. The first-order valence-corrected chi connectivity index (χ1v) is 4.91. The zero-order valence-electron chi connectivity index (χ0n) is 9.37. The molecule has 0 aromatic rings. The highest BCUT2D eigenvalue weighted by Crippen LogP contribution is 2.01. The van der Waals surface area contributed by atoms with Crippen molar-refractivity contribution in [2.45, 2.75) is 27.2 Å². The van der Waals surface area contributed by atoms with Gasteiger partial charge in [-0.25, -0.2) is 4.79 Å². The van der Waals surface area contributed by atoms with Gasteiger partial charge in [-0.05, 0) is 19.3 Å². The molecule has 0 aliphatic rings. The lowest BCUT2D eigenvalue weighted by Gasteiger charge is -2.16. The summed E-state index contributed by atoms with van der Waals surface area (Å²) in [4.78, 5) is 23.7. The number of carbonyl (C=O) groups is 2. The van der Waals surface area contributed by atoms with E-state index >= 15 is 0 Å². The summed E-state index contributed by atoms with van der Waals surface area (Å²) in [5.41, 5.74) is 0. The van der Waals surface area contributed by atoms with E-state index in [0.717, 1.165) is 6.42 Å². The van der Waals surface area contributed by atoms with E-state index in [4.69, 9.17) is 0 Å². The van der Waals surface area contributed by atoms with Crippen molar-refractivity contribution in [2.24, 2.45) is 5.92 Å². The number of carbonyl (C=O) groups excluding carboxylic acids is 2. The van der Waals surface area contributed by atoms with Crippen molar-refractivity contribution in [1.82, 2.24) is 4.90 Å². The molecule has 0 radical (unpaired) electrons. The molecule has 0 unspecified atom stereocenters. The van der Waals surface area contributed by atoms with Gasteiger partial charge in [0.25, 0.3) is 0 Å². The predicted octanol–water partition coefficient (Wildman–Crippen LogP) is 1.05. The molecule has 0 N–H and O–H groups in total. The number of amides is 1. The molecule has 1 amide bonds. The van der Waals surface area contributed by atoms with Gasteiger partial charge in [0, 0.05) is 13.6 Å². The molecule has 14 heavy (non-hydrogen) atoms. The molecule has 0 aliphatic heterocycles. The van der Waals surface area contributed by atoms with Crippen molar-refractivity contribution in [3.8, 4) is 0 Å². The Morgan fingerprint density at radius 3 is 2.36 bits per heavy atom. The summed E-state index contributed by atoms with van der Waals surface area (Å²) in [6.07, 6.45) is 0.891. The summed E-state index contributed by atoms with van der Waals surface area (Å²) in [5.74, 6) is -0.807. The predicted molar refractivity (Wildman–Crippen MR) is 53.7 cm³/mol. The van der Waals surface area contributed by atoms with Crippen molar-refractivity contribution < 1.29 is 14.3 Å². The second kappa shape index (κ2) is 6.40. The maximum absolute atomic E-state index is 11.3. The molecule has 0 aliphatic carbocycles. The van der Waals surface area contributed by atoms with Crippen LogP contribution in [0.25, 0.3) is 0 Å². The summed E-state index contributed by atoms with van der Waals surface area (Å²) in [6.45, 7) is 6.66. The number of hydrogen-bond acceptors (Lipinski definition) is 3. The molecule has 82 valence electrons. The molecule has 0 aromatic heterocycles. The van der Waals surface area contributed by atoms with Crippen LogP contribution >= 0.6 is 0 Å². The lowest BCUT2D eigenvalue weighted by atomic mass is 10.1. The molecule has 0 bridgehead atoms. The van der Waals surface area contributed by atoms with Gasteiger partial charge >= 0.3 is 11.9 Å². The highest BCUT2D eigenvalue weighted by molar-refractivity contribution is 6.32. The summed E-state index contributed by atoms with van der Waals surface area (Å²) in [7, 11) is 1.61. The minimum absolute atomic E-state index is 0.239. The number of esters is 1. The Hall–Kier alpha value is -1.06. The maximum Gasteiger partial charge on any atom is 0.396 e. The Bertz CT molecular complexity index is 202.